The minimum Gasteiger partial charge on any atom is -0.319 e. The van der Waals surface area contributed by atoms with Crippen molar-refractivity contribution >= 4 is 33.1 Å². The summed E-state index contributed by atoms with van der Waals surface area (Å²) in [6, 6.07) is 10.2. The summed E-state index contributed by atoms with van der Waals surface area (Å²) in [5.74, 6) is -0.419. The summed E-state index contributed by atoms with van der Waals surface area (Å²) in [7, 11) is 0. The highest BCUT2D eigenvalue weighted by Crippen LogP contribution is 2.30. The monoisotopic (exact) mass is 408 g/mol. The Balaban J connectivity index is 1.64. The Labute approximate surface area is 172 Å². The van der Waals surface area contributed by atoms with Crippen molar-refractivity contribution in [2.45, 2.75) is 34.2 Å². The largest absolute Gasteiger partial charge is 0.319 e. The van der Waals surface area contributed by atoms with Crippen LogP contribution < -0.4 is 5.32 Å². The van der Waals surface area contributed by atoms with Crippen LogP contribution in [-0.2, 0) is 6.54 Å². The SMILES string of the molecule is Cc1cc(C)c(NC(=O)c2cc3c(C)nn(Cc4ccc(F)cc4)c3s2)c(C)n1. The van der Waals surface area contributed by atoms with Crippen molar-refractivity contribution in [2.75, 3.05) is 5.32 Å². The van der Waals surface area contributed by atoms with Crippen molar-refractivity contribution in [3.05, 3.63) is 75.3 Å². The fourth-order valence-electron chi connectivity index (χ4n) is 3.48. The number of nitrogens with one attached hydrogen (secondary N) is 1. The second-order valence-electron chi connectivity index (χ2n) is 7.19. The Kier molecular flexibility index (Phi) is 4.92. The van der Waals surface area contributed by atoms with Crippen LogP contribution in [0, 0.1) is 33.5 Å². The van der Waals surface area contributed by atoms with Gasteiger partial charge in [0.05, 0.1) is 28.5 Å². The topological polar surface area (TPSA) is 59.8 Å². The zero-order valence-electron chi connectivity index (χ0n) is 16.7. The molecule has 1 aromatic carbocycles. The number of fused-ring (bicyclic) bond motifs is 1. The number of nitrogens with zero attached hydrogens (tertiary/aromatic N) is 3. The molecule has 5 nitrogen and oxygen atoms in total. The Morgan fingerprint density at radius 3 is 2.52 bits per heavy atom. The molecule has 0 saturated carbocycles. The summed E-state index contributed by atoms with van der Waals surface area (Å²) in [4.78, 5) is 18.9. The van der Waals surface area contributed by atoms with Gasteiger partial charge in [-0.05, 0) is 63.1 Å². The maximum atomic E-state index is 13.2. The predicted octanol–water partition coefficient (Wildman–Crippen LogP) is 5.17. The Bertz CT molecular complexity index is 1200. The third-order valence-corrected chi connectivity index (χ3v) is 5.99. The number of halogens is 1. The van der Waals surface area contributed by atoms with Gasteiger partial charge in [0.15, 0.2) is 0 Å². The zero-order chi connectivity index (χ0) is 20.7. The highest BCUT2D eigenvalue weighted by Gasteiger charge is 2.18. The van der Waals surface area contributed by atoms with Gasteiger partial charge in [0.1, 0.15) is 10.6 Å². The quantitative estimate of drug-likeness (QED) is 0.507. The first kappa shape index (κ1) is 19.3. The zero-order valence-corrected chi connectivity index (χ0v) is 17.5. The maximum Gasteiger partial charge on any atom is 0.265 e. The van der Waals surface area contributed by atoms with Crippen molar-refractivity contribution in [3.63, 3.8) is 0 Å². The molecule has 1 amide bonds. The second kappa shape index (κ2) is 7.40. The molecule has 0 atom stereocenters. The minimum atomic E-state index is -0.262. The van der Waals surface area contributed by atoms with Crippen LogP contribution in [0.5, 0.6) is 0 Å². The molecule has 0 aliphatic heterocycles. The Morgan fingerprint density at radius 2 is 1.83 bits per heavy atom. The lowest BCUT2D eigenvalue weighted by molar-refractivity contribution is 0.103. The van der Waals surface area contributed by atoms with E-state index in [1.165, 1.54) is 23.5 Å². The summed E-state index contributed by atoms with van der Waals surface area (Å²) in [5.41, 5.74) is 5.28. The first-order valence-electron chi connectivity index (χ1n) is 9.29. The molecule has 3 aromatic heterocycles. The normalized spacial score (nSPS) is 11.2. The number of aromatic nitrogens is 3. The van der Waals surface area contributed by atoms with Gasteiger partial charge in [-0.25, -0.2) is 4.39 Å². The lowest BCUT2D eigenvalue weighted by Crippen LogP contribution is -2.13. The average molecular weight is 409 g/mol. The highest BCUT2D eigenvalue weighted by molar-refractivity contribution is 7.20. The van der Waals surface area contributed by atoms with E-state index in [1.807, 2.05) is 44.5 Å². The lowest BCUT2D eigenvalue weighted by atomic mass is 10.1. The predicted molar refractivity (Wildman–Crippen MR) is 114 cm³/mol. The minimum absolute atomic E-state index is 0.157. The van der Waals surface area contributed by atoms with Crippen LogP contribution in [0.15, 0.2) is 36.4 Å². The first-order chi connectivity index (χ1) is 13.8. The van der Waals surface area contributed by atoms with Gasteiger partial charge in [0.2, 0.25) is 0 Å². The summed E-state index contributed by atoms with van der Waals surface area (Å²) >= 11 is 1.40. The molecule has 0 saturated heterocycles. The number of amides is 1. The number of aryl methyl sites for hydroxylation is 4. The van der Waals surface area contributed by atoms with E-state index in [9.17, 15) is 9.18 Å². The van der Waals surface area contributed by atoms with Gasteiger partial charge in [0, 0.05) is 11.1 Å². The van der Waals surface area contributed by atoms with Crippen LogP contribution in [0.1, 0.15) is 37.9 Å². The molecule has 0 radical (unpaired) electrons. The van der Waals surface area contributed by atoms with Crippen molar-refractivity contribution in [1.82, 2.24) is 14.8 Å². The van der Waals surface area contributed by atoms with E-state index in [2.05, 4.69) is 15.4 Å². The van der Waals surface area contributed by atoms with Crippen molar-refractivity contribution in [2.24, 2.45) is 0 Å². The maximum absolute atomic E-state index is 13.2. The standard InChI is InChI=1S/C22H21FN4OS/c1-12-9-13(2)24-15(4)20(12)25-21(28)19-10-18-14(3)26-27(22(18)29-19)11-16-5-7-17(23)8-6-16/h5-10H,11H2,1-4H3,(H,25,28). The average Bonchev–Trinajstić information content (AvgIpc) is 3.21. The van der Waals surface area contributed by atoms with Gasteiger partial charge >= 0.3 is 0 Å². The number of pyridine rings is 1. The van der Waals surface area contributed by atoms with E-state index in [4.69, 9.17) is 0 Å². The number of rotatable bonds is 4. The number of carbonyl (C=O) groups excluding carboxylic acids is 1. The van der Waals surface area contributed by atoms with Gasteiger partial charge in [0.25, 0.3) is 5.91 Å². The van der Waals surface area contributed by atoms with Crippen LogP contribution in [0.2, 0.25) is 0 Å². The number of thiophene rings is 1. The van der Waals surface area contributed by atoms with Crippen LogP contribution in [0.3, 0.4) is 0 Å². The third kappa shape index (κ3) is 3.78. The van der Waals surface area contributed by atoms with Gasteiger partial charge in [-0.15, -0.1) is 11.3 Å². The summed E-state index contributed by atoms with van der Waals surface area (Å²) in [5, 5.41) is 8.54. The molecule has 0 unspecified atom stereocenters. The third-order valence-electron chi connectivity index (χ3n) is 4.84. The molecule has 29 heavy (non-hydrogen) atoms. The van der Waals surface area contributed by atoms with Crippen LogP contribution in [0.25, 0.3) is 10.2 Å². The number of hydrogen-bond acceptors (Lipinski definition) is 4. The smallest absolute Gasteiger partial charge is 0.265 e. The van der Waals surface area contributed by atoms with Crippen LogP contribution in [0.4, 0.5) is 10.1 Å². The second-order valence-corrected chi connectivity index (χ2v) is 8.22. The molecular weight excluding hydrogens is 387 g/mol. The van der Waals surface area contributed by atoms with Crippen molar-refractivity contribution in [1.29, 1.82) is 0 Å². The number of carbonyl (C=O) groups is 1. The van der Waals surface area contributed by atoms with Gasteiger partial charge < -0.3 is 5.32 Å². The lowest BCUT2D eigenvalue weighted by Gasteiger charge is -2.11. The van der Waals surface area contributed by atoms with Crippen LogP contribution >= 0.6 is 11.3 Å². The number of anilines is 1. The summed E-state index contributed by atoms with van der Waals surface area (Å²) in [6.45, 7) is 8.24. The molecule has 148 valence electrons. The summed E-state index contributed by atoms with van der Waals surface area (Å²) in [6.07, 6.45) is 0. The van der Waals surface area contributed by atoms with Gasteiger partial charge in [-0.2, -0.15) is 5.10 Å². The Morgan fingerprint density at radius 1 is 1.10 bits per heavy atom. The van der Waals surface area contributed by atoms with E-state index in [-0.39, 0.29) is 11.7 Å². The molecule has 0 aliphatic rings. The van der Waals surface area contributed by atoms with Crippen LogP contribution in [-0.4, -0.2) is 20.7 Å². The van der Waals surface area contributed by atoms with Gasteiger partial charge in [-0.3, -0.25) is 14.5 Å². The molecule has 1 N–H and O–H groups in total. The fourth-order valence-corrected chi connectivity index (χ4v) is 4.54. The van der Waals surface area contributed by atoms with Gasteiger partial charge in [-0.1, -0.05) is 12.1 Å². The molecule has 0 bridgehead atoms. The molecule has 0 spiro atoms. The van der Waals surface area contributed by atoms with E-state index < -0.39 is 0 Å². The van der Waals surface area contributed by atoms with E-state index in [0.717, 1.165) is 44.1 Å². The van der Waals surface area contributed by atoms with E-state index >= 15 is 0 Å². The highest BCUT2D eigenvalue weighted by atomic mass is 32.1. The fraction of sp³-hybridized carbons (Fsp3) is 0.227. The molecule has 3 heterocycles. The first-order valence-corrected chi connectivity index (χ1v) is 10.1. The molecular formula is C22H21FN4OS. The molecule has 0 fully saturated rings. The molecule has 7 heteroatoms. The van der Waals surface area contributed by atoms with Crippen molar-refractivity contribution < 1.29 is 9.18 Å². The molecule has 0 aliphatic carbocycles. The number of hydrogen-bond donors (Lipinski definition) is 1. The number of benzene rings is 1. The molecule has 4 aromatic rings. The van der Waals surface area contributed by atoms with E-state index in [0.29, 0.717) is 11.4 Å². The molecule has 4 rings (SSSR count). The summed E-state index contributed by atoms with van der Waals surface area (Å²) < 4.78 is 15.0. The Hall–Kier alpha value is -3.06. The van der Waals surface area contributed by atoms with Crippen molar-refractivity contribution in [3.8, 4) is 0 Å². The van der Waals surface area contributed by atoms with E-state index in [1.54, 1.807) is 12.1 Å².